The molecule has 7 heteroatoms. The first kappa shape index (κ1) is 10.9. The maximum atomic E-state index is 11.6. The number of nitrogens with zero attached hydrogens (tertiary/aromatic N) is 2. The van der Waals surface area contributed by atoms with Gasteiger partial charge >= 0.3 is 0 Å². The SMILES string of the molecule is Nc1n[nH]c(C(=O)NC2CCC(O)CC2)n1. The lowest BCUT2D eigenvalue weighted by molar-refractivity contribution is 0.0859. The fourth-order valence-electron chi connectivity index (χ4n) is 1.85. The standard InChI is InChI=1S/C9H15N5O2/c10-9-12-7(13-14-9)8(16)11-5-1-3-6(15)4-2-5/h5-6,15H,1-4H2,(H,11,16)(H3,10,12,13,14). The van der Waals surface area contributed by atoms with E-state index >= 15 is 0 Å². The molecule has 1 amide bonds. The highest BCUT2D eigenvalue weighted by Gasteiger charge is 2.22. The molecular formula is C9H15N5O2. The zero-order chi connectivity index (χ0) is 11.5. The van der Waals surface area contributed by atoms with Gasteiger partial charge in [0.05, 0.1) is 6.10 Å². The highest BCUT2D eigenvalue weighted by atomic mass is 16.3. The summed E-state index contributed by atoms with van der Waals surface area (Å²) in [6, 6.07) is 0.0993. The highest BCUT2D eigenvalue weighted by Crippen LogP contribution is 2.18. The van der Waals surface area contributed by atoms with E-state index in [0.717, 1.165) is 25.7 Å². The molecule has 5 N–H and O–H groups in total. The van der Waals surface area contributed by atoms with E-state index in [-0.39, 0.29) is 29.8 Å². The summed E-state index contributed by atoms with van der Waals surface area (Å²) in [7, 11) is 0. The number of rotatable bonds is 2. The molecule has 0 aliphatic heterocycles. The van der Waals surface area contributed by atoms with Crippen molar-refractivity contribution in [2.24, 2.45) is 0 Å². The fourth-order valence-corrected chi connectivity index (χ4v) is 1.85. The number of amides is 1. The van der Waals surface area contributed by atoms with Gasteiger partial charge in [0.2, 0.25) is 11.8 Å². The summed E-state index contributed by atoms with van der Waals surface area (Å²) in [6.07, 6.45) is 2.80. The summed E-state index contributed by atoms with van der Waals surface area (Å²) in [5.41, 5.74) is 5.30. The molecule has 0 unspecified atom stereocenters. The molecule has 1 aliphatic rings. The largest absolute Gasteiger partial charge is 0.393 e. The molecule has 0 aromatic carbocycles. The van der Waals surface area contributed by atoms with Crippen LogP contribution in [0.3, 0.4) is 0 Å². The monoisotopic (exact) mass is 225 g/mol. The Morgan fingerprint density at radius 3 is 2.69 bits per heavy atom. The summed E-state index contributed by atoms with van der Waals surface area (Å²) in [5.74, 6) is -0.113. The Morgan fingerprint density at radius 2 is 2.12 bits per heavy atom. The molecule has 0 atom stereocenters. The molecule has 0 saturated heterocycles. The first-order chi connectivity index (χ1) is 7.65. The van der Waals surface area contributed by atoms with Crippen LogP contribution < -0.4 is 11.1 Å². The Labute approximate surface area is 92.4 Å². The van der Waals surface area contributed by atoms with Gasteiger partial charge in [-0.25, -0.2) is 0 Å². The Hall–Kier alpha value is -1.63. The molecule has 1 aromatic rings. The van der Waals surface area contributed by atoms with Crippen molar-refractivity contribution in [2.75, 3.05) is 5.73 Å². The molecule has 0 spiro atoms. The summed E-state index contributed by atoms with van der Waals surface area (Å²) >= 11 is 0. The summed E-state index contributed by atoms with van der Waals surface area (Å²) < 4.78 is 0. The van der Waals surface area contributed by atoms with Crippen LogP contribution in [-0.4, -0.2) is 38.3 Å². The van der Waals surface area contributed by atoms with E-state index in [1.54, 1.807) is 0 Å². The van der Waals surface area contributed by atoms with Crippen molar-refractivity contribution in [1.29, 1.82) is 0 Å². The number of aliphatic hydroxyl groups is 1. The number of hydrogen-bond donors (Lipinski definition) is 4. The molecule has 1 saturated carbocycles. The van der Waals surface area contributed by atoms with Crippen molar-refractivity contribution in [3.63, 3.8) is 0 Å². The molecule has 88 valence electrons. The number of H-pyrrole nitrogens is 1. The number of aromatic nitrogens is 3. The minimum absolute atomic E-state index is 0.0595. The van der Waals surface area contributed by atoms with Crippen LogP contribution in [0.15, 0.2) is 0 Å². The number of nitrogens with one attached hydrogen (secondary N) is 2. The van der Waals surface area contributed by atoms with Gasteiger partial charge in [0, 0.05) is 6.04 Å². The molecule has 0 radical (unpaired) electrons. The van der Waals surface area contributed by atoms with Gasteiger partial charge in [-0.1, -0.05) is 0 Å². The van der Waals surface area contributed by atoms with Crippen LogP contribution in [-0.2, 0) is 0 Å². The number of carbonyl (C=O) groups excluding carboxylic acids is 1. The van der Waals surface area contributed by atoms with Gasteiger partial charge in [-0.15, -0.1) is 5.10 Å². The van der Waals surface area contributed by atoms with E-state index in [4.69, 9.17) is 5.73 Å². The average Bonchev–Trinajstić information content (AvgIpc) is 2.68. The van der Waals surface area contributed by atoms with E-state index in [1.807, 2.05) is 0 Å². The second-order valence-corrected chi connectivity index (χ2v) is 4.02. The van der Waals surface area contributed by atoms with Crippen LogP contribution in [0.4, 0.5) is 5.95 Å². The van der Waals surface area contributed by atoms with E-state index in [0.29, 0.717) is 0 Å². The van der Waals surface area contributed by atoms with Crippen LogP contribution >= 0.6 is 0 Å². The van der Waals surface area contributed by atoms with Crippen LogP contribution in [0.5, 0.6) is 0 Å². The summed E-state index contributed by atoms with van der Waals surface area (Å²) in [5, 5.41) is 18.2. The average molecular weight is 225 g/mol. The molecular weight excluding hydrogens is 210 g/mol. The Kier molecular flexibility index (Phi) is 3.04. The third-order valence-electron chi connectivity index (χ3n) is 2.75. The second kappa shape index (κ2) is 4.48. The van der Waals surface area contributed by atoms with E-state index in [1.165, 1.54) is 0 Å². The zero-order valence-corrected chi connectivity index (χ0v) is 8.81. The lowest BCUT2D eigenvalue weighted by atomic mass is 9.93. The van der Waals surface area contributed by atoms with Gasteiger partial charge in [0.25, 0.3) is 5.91 Å². The lowest BCUT2D eigenvalue weighted by Crippen LogP contribution is -2.39. The van der Waals surface area contributed by atoms with E-state index in [2.05, 4.69) is 20.5 Å². The first-order valence-corrected chi connectivity index (χ1v) is 5.32. The van der Waals surface area contributed by atoms with Gasteiger partial charge < -0.3 is 16.2 Å². The first-order valence-electron chi connectivity index (χ1n) is 5.32. The van der Waals surface area contributed by atoms with Crippen molar-refractivity contribution in [1.82, 2.24) is 20.5 Å². The summed E-state index contributed by atoms with van der Waals surface area (Å²) in [6.45, 7) is 0. The maximum Gasteiger partial charge on any atom is 0.288 e. The smallest absolute Gasteiger partial charge is 0.288 e. The quantitative estimate of drug-likeness (QED) is 0.537. The van der Waals surface area contributed by atoms with Crippen LogP contribution in [0.25, 0.3) is 0 Å². The topological polar surface area (TPSA) is 117 Å². The molecule has 1 fully saturated rings. The minimum atomic E-state index is -0.300. The molecule has 2 rings (SSSR count). The van der Waals surface area contributed by atoms with Crippen molar-refractivity contribution < 1.29 is 9.90 Å². The van der Waals surface area contributed by atoms with Gasteiger partial charge in [-0.3, -0.25) is 9.89 Å². The van der Waals surface area contributed by atoms with E-state index < -0.39 is 0 Å². The Balaban J connectivity index is 1.88. The van der Waals surface area contributed by atoms with Gasteiger partial charge in [0.15, 0.2) is 0 Å². The maximum absolute atomic E-state index is 11.6. The molecule has 0 bridgehead atoms. The number of anilines is 1. The normalized spacial score (nSPS) is 25.3. The van der Waals surface area contributed by atoms with Crippen LogP contribution in [0.1, 0.15) is 36.3 Å². The van der Waals surface area contributed by atoms with Crippen LogP contribution in [0, 0.1) is 0 Å². The van der Waals surface area contributed by atoms with Crippen molar-refractivity contribution in [3.05, 3.63) is 5.82 Å². The highest BCUT2D eigenvalue weighted by molar-refractivity contribution is 5.90. The predicted molar refractivity (Wildman–Crippen MR) is 56.5 cm³/mol. The van der Waals surface area contributed by atoms with Crippen LogP contribution in [0.2, 0.25) is 0 Å². The molecule has 7 nitrogen and oxygen atoms in total. The lowest BCUT2D eigenvalue weighted by Gasteiger charge is -2.25. The summed E-state index contributed by atoms with van der Waals surface area (Å²) in [4.78, 5) is 15.4. The second-order valence-electron chi connectivity index (χ2n) is 4.02. The number of nitrogen functional groups attached to an aromatic ring is 1. The van der Waals surface area contributed by atoms with Crippen molar-refractivity contribution in [3.8, 4) is 0 Å². The molecule has 1 aromatic heterocycles. The van der Waals surface area contributed by atoms with E-state index in [9.17, 15) is 9.90 Å². The molecule has 1 heterocycles. The number of aromatic amines is 1. The zero-order valence-electron chi connectivity index (χ0n) is 8.81. The number of carbonyl (C=O) groups is 1. The molecule has 16 heavy (non-hydrogen) atoms. The number of nitrogens with two attached hydrogens (primary N) is 1. The van der Waals surface area contributed by atoms with Gasteiger partial charge in [-0.05, 0) is 25.7 Å². The fraction of sp³-hybridized carbons (Fsp3) is 0.667. The predicted octanol–water partition coefficient (Wildman–Crippen LogP) is -0.580. The molecule has 1 aliphatic carbocycles. The number of hydrogen-bond acceptors (Lipinski definition) is 5. The Morgan fingerprint density at radius 1 is 1.44 bits per heavy atom. The van der Waals surface area contributed by atoms with Crippen molar-refractivity contribution in [2.45, 2.75) is 37.8 Å². The number of aliphatic hydroxyl groups excluding tert-OH is 1. The third-order valence-corrected chi connectivity index (χ3v) is 2.75. The minimum Gasteiger partial charge on any atom is -0.393 e. The Bertz CT molecular complexity index is 370. The third kappa shape index (κ3) is 2.48. The van der Waals surface area contributed by atoms with Gasteiger partial charge in [-0.2, -0.15) is 4.98 Å². The van der Waals surface area contributed by atoms with Gasteiger partial charge in [0.1, 0.15) is 0 Å². The van der Waals surface area contributed by atoms with Crippen molar-refractivity contribution >= 4 is 11.9 Å².